The largest absolute Gasteiger partial charge is 0.397 e. The topological polar surface area (TPSA) is 67.1 Å². The highest BCUT2D eigenvalue weighted by molar-refractivity contribution is 5.93. The molecule has 21 heavy (non-hydrogen) atoms. The highest BCUT2D eigenvalue weighted by Gasteiger charge is 2.03. The van der Waals surface area contributed by atoms with Crippen molar-refractivity contribution in [1.29, 1.82) is 0 Å². The number of anilines is 2. The van der Waals surface area contributed by atoms with Gasteiger partial charge in [-0.15, -0.1) is 0 Å². The van der Waals surface area contributed by atoms with Gasteiger partial charge in [0.05, 0.1) is 11.4 Å². The van der Waals surface area contributed by atoms with Crippen LogP contribution in [-0.2, 0) is 0 Å². The minimum absolute atomic E-state index is 0.325. The fourth-order valence-corrected chi connectivity index (χ4v) is 1.76. The SMILES string of the molecule is Cc1ccc(N)c(NC(=O)N/C=C/c2cccc(F)c2)c1. The highest BCUT2D eigenvalue weighted by Crippen LogP contribution is 2.19. The number of nitrogen functional groups attached to an aromatic ring is 1. The predicted octanol–water partition coefficient (Wildman–Crippen LogP) is 3.51. The van der Waals surface area contributed by atoms with Crippen LogP contribution in [0.1, 0.15) is 11.1 Å². The van der Waals surface area contributed by atoms with Crippen LogP contribution in [0.4, 0.5) is 20.6 Å². The number of aryl methyl sites for hydroxylation is 1. The van der Waals surface area contributed by atoms with Crippen LogP contribution in [0.25, 0.3) is 6.08 Å². The number of halogens is 1. The van der Waals surface area contributed by atoms with Gasteiger partial charge in [-0.1, -0.05) is 18.2 Å². The van der Waals surface area contributed by atoms with E-state index in [9.17, 15) is 9.18 Å². The number of urea groups is 1. The van der Waals surface area contributed by atoms with Crippen molar-refractivity contribution >= 4 is 23.5 Å². The molecule has 5 heteroatoms. The fourth-order valence-electron chi connectivity index (χ4n) is 1.76. The fraction of sp³-hybridized carbons (Fsp3) is 0.0625. The summed E-state index contributed by atoms with van der Waals surface area (Å²) in [6.45, 7) is 1.91. The summed E-state index contributed by atoms with van der Waals surface area (Å²) in [6.07, 6.45) is 3.04. The summed E-state index contributed by atoms with van der Waals surface area (Å²) in [6, 6.07) is 11.0. The lowest BCUT2D eigenvalue weighted by molar-refractivity contribution is 0.255. The Morgan fingerprint density at radius 2 is 2.05 bits per heavy atom. The molecule has 0 aliphatic carbocycles. The number of nitrogens with one attached hydrogen (secondary N) is 2. The number of nitrogens with two attached hydrogens (primary N) is 1. The summed E-state index contributed by atoms with van der Waals surface area (Å²) in [7, 11) is 0. The van der Waals surface area contributed by atoms with Gasteiger partial charge in [-0.2, -0.15) is 0 Å². The summed E-state index contributed by atoms with van der Waals surface area (Å²) in [5.74, 6) is -0.325. The maximum absolute atomic E-state index is 13.0. The third-order valence-corrected chi connectivity index (χ3v) is 2.80. The molecule has 0 aliphatic rings. The molecule has 0 aliphatic heterocycles. The van der Waals surface area contributed by atoms with Gasteiger partial charge in [0, 0.05) is 6.20 Å². The van der Waals surface area contributed by atoms with Crippen molar-refractivity contribution in [3.63, 3.8) is 0 Å². The van der Waals surface area contributed by atoms with E-state index in [1.54, 1.807) is 30.3 Å². The Morgan fingerprint density at radius 3 is 2.81 bits per heavy atom. The third kappa shape index (κ3) is 4.35. The molecule has 0 heterocycles. The third-order valence-electron chi connectivity index (χ3n) is 2.80. The first-order valence-electron chi connectivity index (χ1n) is 6.40. The van der Waals surface area contributed by atoms with E-state index in [4.69, 9.17) is 5.73 Å². The zero-order valence-electron chi connectivity index (χ0n) is 11.6. The molecule has 0 unspecified atom stereocenters. The van der Waals surface area contributed by atoms with E-state index < -0.39 is 6.03 Å². The van der Waals surface area contributed by atoms with E-state index >= 15 is 0 Å². The summed E-state index contributed by atoms with van der Waals surface area (Å²) in [4.78, 5) is 11.7. The van der Waals surface area contributed by atoms with Crippen LogP contribution in [0, 0.1) is 12.7 Å². The standard InChI is InChI=1S/C16H16FN3O/c1-11-5-6-14(18)15(9-11)20-16(21)19-8-7-12-3-2-4-13(17)10-12/h2-10H,18H2,1H3,(H2,19,20,21)/b8-7+. The normalized spacial score (nSPS) is 10.6. The number of benzene rings is 2. The molecule has 2 rings (SSSR count). The molecule has 0 saturated heterocycles. The summed E-state index contributed by atoms with van der Waals surface area (Å²) < 4.78 is 13.0. The van der Waals surface area contributed by atoms with Gasteiger partial charge in [-0.05, 0) is 48.4 Å². The van der Waals surface area contributed by atoms with E-state index in [1.165, 1.54) is 18.3 Å². The summed E-state index contributed by atoms with van der Waals surface area (Å²) in [5, 5.41) is 5.19. The zero-order valence-corrected chi connectivity index (χ0v) is 11.6. The Morgan fingerprint density at radius 1 is 1.24 bits per heavy atom. The van der Waals surface area contributed by atoms with E-state index in [0.717, 1.165) is 5.56 Å². The van der Waals surface area contributed by atoms with Gasteiger partial charge in [-0.3, -0.25) is 0 Å². The van der Waals surface area contributed by atoms with Crippen molar-refractivity contribution in [2.45, 2.75) is 6.92 Å². The average Bonchev–Trinajstić information content (AvgIpc) is 2.43. The van der Waals surface area contributed by atoms with E-state index in [1.807, 2.05) is 13.0 Å². The van der Waals surface area contributed by atoms with Gasteiger partial charge in [-0.25, -0.2) is 9.18 Å². The number of hydrogen-bond acceptors (Lipinski definition) is 2. The maximum Gasteiger partial charge on any atom is 0.323 e. The van der Waals surface area contributed by atoms with Crippen LogP contribution < -0.4 is 16.4 Å². The molecule has 4 nitrogen and oxygen atoms in total. The van der Waals surface area contributed by atoms with Gasteiger partial charge in [0.25, 0.3) is 0 Å². The molecule has 0 bridgehead atoms. The number of amides is 2. The maximum atomic E-state index is 13.0. The molecule has 0 radical (unpaired) electrons. The Balaban J connectivity index is 1.94. The number of hydrogen-bond donors (Lipinski definition) is 3. The predicted molar refractivity (Wildman–Crippen MR) is 83.2 cm³/mol. The molecule has 2 amide bonds. The molecular weight excluding hydrogens is 269 g/mol. The quantitative estimate of drug-likeness (QED) is 0.755. The molecule has 0 spiro atoms. The highest BCUT2D eigenvalue weighted by atomic mass is 19.1. The molecular formula is C16H16FN3O. The lowest BCUT2D eigenvalue weighted by Crippen LogP contribution is -2.24. The summed E-state index contributed by atoms with van der Waals surface area (Å²) in [5.41, 5.74) is 8.46. The first-order chi connectivity index (χ1) is 10.0. The van der Waals surface area contributed by atoms with Crippen LogP contribution in [-0.4, -0.2) is 6.03 Å². The van der Waals surface area contributed by atoms with E-state index in [0.29, 0.717) is 16.9 Å². The van der Waals surface area contributed by atoms with E-state index in [-0.39, 0.29) is 5.82 Å². The lowest BCUT2D eigenvalue weighted by Gasteiger charge is -2.08. The molecule has 2 aromatic rings. The Bertz CT molecular complexity index is 683. The second-order valence-electron chi connectivity index (χ2n) is 4.58. The average molecular weight is 285 g/mol. The Hall–Kier alpha value is -2.82. The van der Waals surface area contributed by atoms with Crippen molar-refractivity contribution in [3.8, 4) is 0 Å². The van der Waals surface area contributed by atoms with Crippen LogP contribution in [0.2, 0.25) is 0 Å². The van der Waals surface area contributed by atoms with Crippen molar-refractivity contribution in [2.75, 3.05) is 11.1 Å². The minimum Gasteiger partial charge on any atom is -0.397 e. The van der Waals surface area contributed by atoms with Crippen molar-refractivity contribution in [2.24, 2.45) is 0 Å². The number of rotatable bonds is 3. The van der Waals surface area contributed by atoms with Gasteiger partial charge in [0.1, 0.15) is 5.82 Å². The monoisotopic (exact) mass is 285 g/mol. The first-order valence-corrected chi connectivity index (χ1v) is 6.40. The van der Waals surface area contributed by atoms with Crippen molar-refractivity contribution in [3.05, 3.63) is 65.6 Å². The van der Waals surface area contributed by atoms with Gasteiger partial charge in [0.15, 0.2) is 0 Å². The minimum atomic E-state index is -0.417. The Labute approximate surface area is 122 Å². The molecule has 108 valence electrons. The lowest BCUT2D eigenvalue weighted by atomic mass is 10.2. The second-order valence-corrected chi connectivity index (χ2v) is 4.58. The van der Waals surface area contributed by atoms with Crippen molar-refractivity contribution < 1.29 is 9.18 Å². The zero-order chi connectivity index (χ0) is 15.2. The number of carbonyl (C=O) groups is 1. The molecule has 0 fully saturated rings. The van der Waals surface area contributed by atoms with Gasteiger partial charge >= 0.3 is 6.03 Å². The number of carbonyl (C=O) groups excluding carboxylic acids is 1. The van der Waals surface area contributed by atoms with Gasteiger partial charge < -0.3 is 16.4 Å². The van der Waals surface area contributed by atoms with Crippen LogP contribution in [0.5, 0.6) is 0 Å². The molecule has 2 aromatic carbocycles. The second kappa shape index (κ2) is 6.56. The van der Waals surface area contributed by atoms with Crippen molar-refractivity contribution in [1.82, 2.24) is 5.32 Å². The van der Waals surface area contributed by atoms with Crippen LogP contribution in [0.3, 0.4) is 0 Å². The van der Waals surface area contributed by atoms with Crippen LogP contribution in [0.15, 0.2) is 48.7 Å². The molecule has 0 saturated carbocycles. The molecule has 0 atom stereocenters. The smallest absolute Gasteiger partial charge is 0.323 e. The summed E-state index contributed by atoms with van der Waals surface area (Å²) >= 11 is 0. The van der Waals surface area contributed by atoms with Crippen LogP contribution >= 0.6 is 0 Å². The first kappa shape index (κ1) is 14.6. The molecule has 0 aromatic heterocycles. The Kier molecular flexibility index (Phi) is 4.56. The van der Waals surface area contributed by atoms with Gasteiger partial charge in [0.2, 0.25) is 0 Å². The van der Waals surface area contributed by atoms with E-state index in [2.05, 4.69) is 10.6 Å². The molecule has 4 N–H and O–H groups in total.